The van der Waals surface area contributed by atoms with Crippen LogP contribution >= 0.6 is 11.6 Å². The number of anilines is 1. The Bertz CT molecular complexity index is 1670. The van der Waals surface area contributed by atoms with Gasteiger partial charge in [-0.1, -0.05) is 54.1 Å². The zero-order valence-corrected chi connectivity index (χ0v) is 22.0. The summed E-state index contributed by atoms with van der Waals surface area (Å²) in [7, 11) is 0. The van der Waals surface area contributed by atoms with Crippen LogP contribution < -0.4 is 10.7 Å². The maximum atomic E-state index is 13.6. The Morgan fingerprint density at radius 2 is 1.48 bits per heavy atom. The molecule has 0 spiro atoms. The van der Waals surface area contributed by atoms with Gasteiger partial charge in [0.25, 0.3) is 5.91 Å². The quantitative estimate of drug-likeness (QED) is 0.129. The number of hydrogen-bond donors (Lipinski definition) is 2. The van der Waals surface area contributed by atoms with E-state index in [9.17, 15) is 40.3 Å². The summed E-state index contributed by atoms with van der Waals surface area (Å²) in [6.45, 7) is 1.48. The van der Waals surface area contributed by atoms with Crippen LogP contribution in [0.4, 0.5) is 36.4 Å². The molecule has 0 fully saturated rings. The molecule has 218 valence electrons. The topological polar surface area (TPSA) is 83.4 Å². The van der Waals surface area contributed by atoms with E-state index in [-0.39, 0.29) is 11.3 Å². The van der Waals surface area contributed by atoms with Gasteiger partial charge in [-0.25, -0.2) is 10.4 Å². The number of benzene rings is 3. The first-order valence-corrected chi connectivity index (χ1v) is 12.2. The molecule has 0 aliphatic carbocycles. The van der Waals surface area contributed by atoms with E-state index in [1.54, 1.807) is 54.6 Å². The van der Waals surface area contributed by atoms with Crippen molar-refractivity contribution in [3.05, 3.63) is 95.0 Å². The highest BCUT2D eigenvalue weighted by Gasteiger charge is 2.76. The van der Waals surface area contributed by atoms with E-state index in [2.05, 4.69) is 15.5 Å². The van der Waals surface area contributed by atoms with E-state index >= 15 is 0 Å². The highest BCUT2D eigenvalue weighted by molar-refractivity contribution is 6.30. The number of nitrogens with zero attached hydrogens (tertiary/aromatic N) is 2. The molecule has 4 rings (SSSR count). The molecule has 6 nitrogen and oxygen atoms in total. The van der Waals surface area contributed by atoms with Gasteiger partial charge >= 0.3 is 23.9 Å². The first kappa shape index (κ1) is 30.4. The summed E-state index contributed by atoms with van der Waals surface area (Å²) < 4.78 is 90.4. The van der Waals surface area contributed by atoms with Gasteiger partial charge in [-0.2, -0.15) is 35.8 Å². The molecule has 1 aromatic heterocycles. The second kappa shape index (κ2) is 11.4. The molecular weight excluding hydrogens is 593 g/mol. The Kier molecular flexibility index (Phi) is 8.26. The lowest BCUT2D eigenvalue weighted by Crippen LogP contribution is -2.57. The van der Waals surface area contributed by atoms with Crippen molar-refractivity contribution in [2.45, 2.75) is 24.9 Å². The van der Waals surface area contributed by atoms with E-state index in [0.717, 1.165) is 12.1 Å². The number of pyridine rings is 1. The number of nitrogens with one attached hydrogen (secondary N) is 2. The summed E-state index contributed by atoms with van der Waals surface area (Å²) in [5.41, 5.74) is 4.49. The number of aromatic nitrogens is 1. The first-order chi connectivity index (χ1) is 19.6. The van der Waals surface area contributed by atoms with E-state index in [0.29, 0.717) is 32.7 Å². The van der Waals surface area contributed by atoms with Crippen molar-refractivity contribution in [2.75, 3.05) is 5.32 Å². The van der Waals surface area contributed by atoms with Crippen molar-refractivity contribution >= 4 is 45.7 Å². The smallest absolute Gasteiger partial charge is 0.321 e. The van der Waals surface area contributed by atoms with Crippen molar-refractivity contribution in [2.24, 2.45) is 5.10 Å². The van der Waals surface area contributed by atoms with Crippen LogP contribution in [0.5, 0.6) is 0 Å². The number of halogens is 8. The number of amides is 2. The Morgan fingerprint density at radius 3 is 2.10 bits per heavy atom. The number of para-hydroxylation sites is 1. The minimum Gasteiger partial charge on any atom is -0.321 e. The fourth-order valence-corrected chi connectivity index (χ4v) is 3.84. The largest absolute Gasteiger partial charge is 0.460 e. The first-order valence-electron chi connectivity index (χ1n) is 11.9. The number of alkyl halides is 7. The molecule has 1 heterocycles. The van der Waals surface area contributed by atoms with Crippen LogP contribution in [0.15, 0.2) is 84.0 Å². The number of rotatable bonds is 7. The molecule has 0 unspecified atom stereocenters. The van der Waals surface area contributed by atoms with Crippen molar-refractivity contribution in [1.29, 1.82) is 0 Å². The van der Waals surface area contributed by atoms with Crippen molar-refractivity contribution < 1.29 is 40.3 Å². The summed E-state index contributed by atoms with van der Waals surface area (Å²) in [5.74, 6) is -16.1. The van der Waals surface area contributed by atoms with Crippen LogP contribution in [0.3, 0.4) is 0 Å². The fourth-order valence-electron chi connectivity index (χ4n) is 3.72. The number of carbonyl (C=O) groups is 2. The molecule has 2 N–H and O–H groups in total. The summed E-state index contributed by atoms with van der Waals surface area (Å²) in [6.07, 6.45) is -6.64. The van der Waals surface area contributed by atoms with Gasteiger partial charge in [0, 0.05) is 21.7 Å². The number of carbonyl (C=O) groups excluding carboxylic acids is 2. The molecule has 0 atom stereocenters. The summed E-state index contributed by atoms with van der Waals surface area (Å²) in [5, 5.41) is 6.45. The molecule has 0 aliphatic rings. The molecule has 4 aromatic rings. The van der Waals surface area contributed by atoms with E-state index < -0.39 is 35.5 Å². The van der Waals surface area contributed by atoms with Crippen LogP contribution in [0, 0.1) is 0 Å². The van der Waals surface area contributed by atoms with Gasteiger partial charge in [0.2, 0.25) is 0 Å². The monoisotopic (exact) mass is 610 g/mol. The van der Waals surface area contributed by atoms with Gasteiger partial charge in [0.1, 0.15) is 0 Å². The van der Waals surface area contributed by atoms with Gasteiger partial charge in [-0.15, -0.1) is 0 Å². The van der Waals surface area contributed by atoms with E-state index in [1.807, 2.05) is 0 Å². The van der Waals surface area contributed by atoms with Crippen molar-refractivity contribution in [3.8, 4) is 11.3 Å². The van der Waals surface area contributed by atoms with Crippen LogP contribution in [-0.2, 0) is 4.79 Å². The van der Waals surface area contributed by atoms with Crippen LogP contribution in [0.25, 0.3) is 22.2 Å². The van der Waals surface area contributed by atoms with Crippen molar-refractivity contribution in [1.82, 2.24) is 10.4 Å². The fraction of sp³-hybridized carbons (Fsp3) is 0.143. The second-order valence-electron chi connectivity index (χ2n) is 8.90. The van der Waals surface area contributed by atoms with E-state index in [1.165, 1.54) is 24.4 Å². The molecule has 0 aliphatic heterocycles. The molecule has 0 radical (unpaired) electrons. The Labute approximate surface area is 238 Å². The summed E-state index contributed by atoms with van der Waals surface area (Å²) >= 11 is 5.96. The normalized spacial score (nSPS) is 12.7. The molecule has 0 saturated heterocycles. The van der Waals surface area contributed by atoms with Gasteiger partial charge in [0.05, 0.1) is 22.5 Å². The Hall–Kier alpha value is -4.52. The van der Waals surface area contributed by atoms with Crippen molar-refractivity contribution in [3.63, 3.8) is 0 Å². The minimum atomic E-state index is -6.64. The number of fused-ring (bicyclic) bond motifs is 1. The molecule has 2 amide bonds. The van der Waals surface area contributed by atoms with Crippen LogP contribution in [-0.4, -0.2) is 40.5 Å². The van der Waals surface area contributed by atoms with Gasteiger partial charge < -0.3 is 5.32 Å². The maximum absolute atomic E-state index is 13.6. The zero-order chi connectivity index (χ0) is 30.9. The second-order valence-corrected chi connectivity index (χ2v) is 9.33. The zero-order valence-electron chi connectivity index (χ0n) is 21.2. The predicted octanol–water partition coefficient (Wildman–Crippen LogP) is 7.48. The highest BCUT2D eigenvalue weighted by atomic mass is 35.5. The van der Waals surface area contributed by atoms with Crippen LogP contribution in [0.2, 0.25) is 5.02 Å². The lowest BCUT2D eigenvalue weighted by atomic mass is 10.0. The molecule has 42 heavy (non-hydrogen) atoms. The lowest BCUT2D eigenvalue weighted by molar-refractivity contribution is -0.343. The van der Waals surface area contributed by atoms with Gasteiger partial charge in [-0.05, 0) is 48.9 Å². The SMILES string of the molecule is C/C(=N\NC(=O)c1cc(-c2ccc(Cl)cc2)nc2ccccc12)c1ccc(NC(=O)C(F)(F)C(F)(F)C(F)(F)F)cc1. The van der Waals surface area contributed by atoms with Gasteiger partial charge in [0.15, 0.2) is 0 Å². The molecule has 0 bridgehead atoms. The molecular formula is C28H18ClF7N4O2. The number of hydrogen-bond acceptors (Lipinski definition) is 4. The molecule has 0 saturated carbocycles. The lowest BCUT2D eigenvalue weighted by Gasteiger charge is -2.27. The number of hydrazone groups is 1. The molecule has 14 heteroatoms. The van der Waals surface area contributed by atoms with E-state index in [4.69, 9.17) is 11.6 Å². The van der Waals surface area contributed by atoms with Gasteiger partial charge in [-0.3, -0.25) is 9.59 Å². The average molecular weight is 611 g/mol. The standard InChI is InChI=1S/C28H18ClF7N4O2/c1-15(16-8-12-19(13-9-16)37-25(42)26(30,31)27(32,33)28(34,35)36)39-40-24(41)21-14-23(17-6-10-18(29)11-7-17)38-22-5-3-2-4-20(21)22/h2-14H,1H3,(H,37,42)(H,40,41)/b39-15+. The summed E-state index contributed by atoms with van der Waals surface area (Å²) in [4.78, 5) is 29.3. The third-order valence-electron chi connectivity index (χ3n) is 6.02. The Balaban J connectivity index is 1.51. The van der Waals surface area contributed by atoms with Crippen LogP contribution in [0.1, 0.15) is 22.8 Å². The third-order valence-corrected chi connectivity index (χ3v) is 6.27. The predicted molar refractivity (Wildman–Crippen MR) is 143 cm³/mol. The third kappa shape index (κ3) is 6.05. The Morgan fingerprint density at radius 1 is 0.857 bits per heavy atom. The minimum absolute atomic E-state index is 0.214. The highest BCUT2D eigenvalue weighted by Crippen LogP contribution is 2.46. The maximum Gasteiger partial charge on any atom is 0.460 e. The average Bonchev–Trinajstić information content (AvgIpc) is 2.95. The summed E-state index contributed by atoms with van der Waals surface area (Å²) in [6, 6.07) is 19.8. The molecule has 3 aromatic carbocycles.